The van der Waals surface area contributed by atoms with Gasteiger partial charge in [-0.2, -0.15) is 0 Å². The third kappa shape index (κ3) is 4.66. The van der Waals surface area contributed by atoms with Gasteiger partial charge in [0.2, 0.25) is 29.5 Å². The molecule has 3 heterocycles. The number of halogens is 3. The van der Waals surface area contributed by atoms with E-state index in [0.29, 0.717) is 24.9 Å². The average Bonchev–Trinajstić information content (AvgIpc) is 3.18. The van der Waals surface area contributed by atoms with Crippen LogP contribution in [0.25, 0.3) is 0 Å². The lowest BCUT2D eigenvalue weighted by molar-refractivity contribution is -0.147. The summed E-state index contributed by atoms with van der Waals surface area (Å²) in [6.45, 7) is 2.51. The zero-order chi connectivity index (χ0) is 24.8. The van der Waals surface area contributed by atoms with Crippen LogP contribution in [0.1, 0.15) is 44.2 Å². The minimum absolute atomic E-state index is 0. The molecule has 0 saturated carbocycles. The minimum Gasteiger partial charge on any atom is -0.369 e. The number of primary amides is 1. The molecular weight excluding hydrogens is 502 g/mol. The molecule has 12 heteroatoms. The summed E-state index contributed by atoms with van der Waals surface area (Å²) in [6, 6.07) is 4.06. The standard InChI is InChI=1S/C23H26ClFN4O5.ClH/c1-2-28-18(30)11-23(21(28)33)12-19(31)29(22(23)34)8-7-27-6-5-14(20(26)32)10-17(27)13-3-4-15(24)16(25)9-13;/h3-4,9,14,17H,2,5-8,10-12H2,1H3,(H2,26,32);1H. The predicted octanol–water partition coefficient (Wildman–Crippen LogP) is 1.66. The van der Waals surface area contributed by atoms with Crippen molar-refractivity contribution >= 4 is 53.5 Å². The van der Waals surface area contributed by atoms with Crippen LogP contribution >= 0.6 is 24.0 Å². The van der Waals surface area contributed by atoms with Crippen LogP contribution in [0, 0.1) is 17.2 Å². The van der Waals surface area contributed by atoms with Crippen LogP contribution in [0.2, 0.25) is 5.02 Å². The third-order valence-electron chi connectivity index (χ3n) is 7.19. The summed E-state index contributed by atoms with van der Waals surface area (Å²) < 4.78 is 14.1. The Labute approximate surface area is 213 Å². The Bertz CT molecular complexity index is 1090. The zero-order valence-corrected chi connectivity index (χ0v) is 20.7. The minimum atomic E-state index is -1.64. The summed E-state index contributed by atoms with van der Waals surface area (Å²) in [5.74, 6) is -3.61. The number of rotatable bonds is 6. The first-order chi connectivity index (χ1) is 16.1. The van der Waals surface area contributed by atoms with Crippen molar-refractivity contribution in [3.05, 3.63) is 34.6 Å². The highest BCUT2D eigenvalue weighted by atomic mass is 35.5. The molecule has 0 radical (unpaired) electrons. The summed E-state index contributed by atoms with van der Waals surface area (Å²) >= 11 is 5.82. The number of piperidine rings is 1. The van der Waals surface area contributed by atoms with Gasteiger partial charge in [0.1, 0.15) is 11.2 Å². The number of carbonyl (C=O) groups is 5. The highest BCUT2D eigenvalue weighted by Crippen LogP contribution is 2.43. The van der Waals surface area contributed by atoms with Gasteiger partial charge < -0.3 is 5.73 Å². The van der Waals surface area contributed by atoms with Gasteiger partial charge in [-0.15, -0.1) is 12.4 Å². The fourth-order valence-corrected chi connectivity index (χ4v) is 5.41. The Morgan fingerprint density at radius 3 is 2.31 bits per heavy atom. The van der Waals surface area contributed by atoms with E-state index in [-0.39, 0.29) is 61.9 Å². The van der Waals surface area contributed by atoms with Gasteiger partial charge in [-0.25, -0.2) is 4.39 Å². The van der Waals surface area contributed by atoms with E-state index in [1.165, 1.54) is 12.1 Å². The van der Waals surface area contributed by atoms with Gasteiger partial charge in [0.15, 0.2) is 0 Å². The van der Waals surface area contributed by atoms with Crippen LogP contribution in [0.3, 0.4) is 0 Å². The van der Waals surface area contributed by atoms with Crippen LogP contribution in [0.15, 0.2) is 18.2 Å². The van der Waals surface area contributed by atoms with Crippen molar-refractivity contribution in [2.75, 3.05) is 26.2 Å². The lowest BCUT2D eigenvalue weighted by Crippen LogP contribution is -2.46. The van der Waals surface area contributed by atoms with Gasteiger partial charge in [-0.05, 0) is 44.0 Å². The molecule has 0 aromatic heterocycles. The Balaban J connectivity index is 0.00000342. The first kappa shape index (κ1) is 27.0. The maximum atomic E-state index is 14.1. The van der Waals surface area contributed by atoms with E-state index in [1.807, 2.05) is 4.90 Å². The van der Waals surface area contributed by atoms with Crippen molar-refractivity contribution in [2.45, 2.75) is 38.6 Å². The van der Waals surface area contributed by atoms with Gasteiger partial charge in [0.25, 0.3) is 0 Å². The second-order valence-corrected chi connectivity index (χ2v) is 9.49. The summed E-state index contributed by atoms with van der Waals surface area (Å²) in [5.41, 5.74) is 4.49. The SMILES string of the molecule is CCN1C(=O)CC2(CC(=O)N(CCN3CCC(C(N)=O)CC3c3ccc(Cl)c(F)c3)C2=O)C1=O.Cl. The number of nitrogens with two attached hydrogens (primary N) is 1. The molecular formula is C23H27Cl2FN4O5. The molecule has 1 aromatic carbocycles. The molecule has 3 fully saturated rings. The normalized spacial score (nSPS) is 27.2. The molecule has 0 aliphatic carbocycles. The highest BCUT2D eigenvalue weighted by molar-refractivity contribution is 6.30. The summed E-state index contributed by atoms with van der Waals surface area (Å²) in [6.07, 6.45) is 0.243. The Kier molecular flexibility index (Phi) is 7.88. The van der Waals surface area contributed by atoms with E-state index in [0.717, 1.165) is 9.80 Å². The van der Waals surface area contributed by atoms with Crippen molar-refractivity contribution in [1.29, 1.82) is 0 Å². The molecule has 2 N–H and O–H groups in total. The number of likely N-dealkylation sites (tertiary alicyclic amines) is 3. The fourth-order valence-electron chi connectivity index (χ4n) is 5.29. The van der Waals surface area contributed by atoms with Crippen molar-refractivity contribution in [1.82, 2.24) is 14.7 Å². The van der Waals surface area contributed by atoms with Crippen LogP contribution in [0.5, 0.6) is 0 Å². The maximum absolute atomic E-state index is 14.1. The van der Waals surface area contributed by atoms with Crippen molar-refractivity contribution in [3.63, 3.8) is 0 Å². The average molecular weight is 529 g/mol. The molecule has 1 spiro atoms. The highest BCUT2D eigenvalue weighted by Gasteiger charge is 2.63. The molecule has 3 saturated heterocycles. The first-order valence-electron chi connectivity index (χ1n) is 11.3. The third-order valence-corrected chi connectivity index (χ3v) is 7.49. The molecule has 9 nitrogen and oxygen atoms in total. The summed E-state index contributed by atoms with van der Waals surface area (Å²) in [5, 5.41) is -0.0204. The van der Waals surface area contributed by atoms with Gasteiger partial charge in [-0.1, -0.05) is 17.7 Å². The van der Waals surface area contributed by atoms with E-state index in [1.54, 1.807) is 13.0 Å². The maximum Gasteiger partial charge on any atom is 0.246 e. The van der Waals surface area contributed by atoms with Gasteiger partial charge in [0.05, 0.1) is 17.9 Å². The topological polar surface area (TPSA) is 121 Å². The Morgan fingerprint density at radius 2 is 1.74 bits per heavy atom. The van der Waals surface area contributed by atoms with E-state index in [2.05, 4.69) is 0 Å². The molecule has 5 amide bonds. The monoisotopic (exact) mass is 528 g/mol. The van der Waals surface area contributed by atoms with Gasteiger partial charge in [-0.3, -0.25) is 38.7 Å². The number of carbonyl (C=O) groups excluding carboxylic acids is 5. The fraction of sp³-hybridized carbons (Fsp3) is 0.522. The quantitative estimate of drug-likeness (QED) is 0.442. The molecule has 3 aliphatic rings. The molecule has 35 heavy (non-hydrogen) atoms. The van der Waals surface area contributed by atoms with Crippen molar-refractivity contribution < 1.29 is 28.4 Å². The van der Waals surface area contributed by atoms with E-state index < -0.39 is 40.8 Å². The zero-order valence-electron chi connectivity index (χ0n) is 19.2. The van der Waals surface area contributed by atoms with Crippen molar-refractivity contribution in [3.8, 4) is 0 Å². The van der Waals surface area contributed by atoms with E-state index in [9.17, 15) is 28.4 Å². The molecule has 190 valence electrons. The number of amides is 5. The molecule has 3 unspecified atom stereocenters. The molecule has 0 bridgehead atoms. The Hall–Kier alpha value is -2.56. The summed E-state index contributed by atoms with van der Waals surface area (Å²) in [4.78, 5) is 66.7. The largest absolute Gasteiger partial charge is 0.369 e. The van der Waals surface area contributed by atoms with E-state index >= 15 is 0 Å². The molecule has 3 atom stereocenters. The first-order valence-corrected chi connectivity index (χ1v) is 11.6. The van der Waals surface area contributed by atoms with E-state index in [4.69, 9.17) is 17.3 Å². The van der Waals surface area contributed by atoms with Gasteiger partial charge >= 0.3 is 0 Å². The Morgan fingerprint density at radius 1 is 1.11 bits per heavy atom. The molecule has 1 aromatic rings. The number of nitrogens with zero attached hydrogens (tertiary/aromatic N) is 3. The number of hydrogen-bond acceptors (Lipinski definition) is 6. The smallest absolute Gasteiger partial charge is 0.246 e. The molecule has 4 rings (SSSR count). The second kappa shape index (κ2) is 10.2. The van der Waals surface area contributed by atoms with Crippen molar-refractivity contribution in [2.24, 2.45) is 17.1 Å². The number of hydrogen-bond donors (Lipinski definition) is 1. The second-order valence-electron chi connectivity index (χ2n) is 9.08. The molecule has 3 aliphatic heterocycles. The summed E-state index contributed by atoms with van der Waals surface area (Å²) in [7, 11) is 0. The predicted molar refractivity (Wildman–Crippen MR) is 126 cm³/mol. The lowest BCUT2D eigenvalue weighted by atomic mass is 9.84. The van der Waals surface area contributed by atoms with Gasteiger partial charge in [0, 0.05) is 31.6 Å². The van der Waals surface area contributed by atoms with Crippen LogP contribution in [0.4, 0.5) is 4.39 Å². The number of benzene rings is 1. The number of imide groups is 2. The van der Waals surface area contributed by atoms with Crippen LogP contribution < -0.4 is 5.73 Å². The van der Waals surface area contributed by atoms with Crippen LogP contribution in [-0.4, -0.2) is 70.4 Å². The van der Waals surface area contributed by atoms with Crippen LogP contribution in [-0.2, 0) is 24.0 Å². The lowest BCUT2D eigenvalue weighted by Gasteiger charge is -2.39.